The largest absolute Gasteiger partial charge is 0.451 e. The number of aryl methyl sites for hydroxylation is 1. The van der Waals surface area contributed by atoms with Gasteiger partial charge in [-0.05, 0) is 54.3 Å². The molecule has 0 aliphatic heterocycles. The molecule has 1 aromatic heterocycles. The molecule has 2 atom stereocenters. The summed E-state index contributed by atoms with van der Waals surface area (Å²) in [5.41, 5.74) is 4.50. The molecule has 3 rings (SSSR count). The van der Waals surface area contributed by atoms with Gasteiger partial charge in [0.15, 0.2) is 0 Å². The van der Waals surface area contributed by atoms with Gasteiger partial charge in [0.05, 0.1) is 17.5 Å². The summed E-state index contributed by atoms with van der Waals surface area (Å²) in [4.78, 5) is 19.0. The van der Waals surface area contributed by atoms with E-state index in [9.17, 15) is 23.1 Å². The number of aliphatic hydroxyl groups excluding tert-OH is 1. The van der Waals surface area contributed by atoms with Crippen LogP contribution in [-0.4, -0.2) is 39.0 Å². The number of benzene rings is 1. The number of anilines is 1. The fraction of sp³-hybridized carbons (Fsp3) is 0.292. The van der Waals surface area contributed by atoms with Crippen molar-refractivity contribution in [3.63, 3.8) is 0 Å². The van der Waals surface area contributed by atoms with Crippen LogP contribution in [0.2, 0.25) is 0 Å². The van der Waals surface area contributed by atoms with Gasteiger partial charge < -0.3 is 15.7 Å². The molecule has 1 aliphatic rings. The monoisotopic (exact) mass is 492 g/mol. The van der Waals surface area contributed by atoms with Gasteiger partial charge in [-0.15, -0.1) is 11.6 Å². The standard InChI is InChI=1S/C24H24ClF3N4O2/c1-13-4-5-18(32-22(34)17-10-29-23(30-11-17)24(26,27)28)9-20(13)16-7-19(31-15(3)12-33)6-14(2)21(25)8-16/h4-5,7-11,15,21,31,33H,2,6,12H2,1,3H3,(H,32,34)/t15-,21?/m1/s1. The second-order valence-corrected chi connectivity index (χ2v) is 8.50. The topological polar surface area (TPSA) is 87.1 Å². The molecule has 0 radical (unpaired) electrons. The van der Waals surface area contributed by atoms with Gasteiger partial charge in [-0.1, -0.05) is 18.7 Å². The van der Waals surface area contributed by atoms with Gasteiger partial charge in [-0.25, -0.2) is 9.97 Å². The van der Waals surface area contributed by atoms with Gasteiger partial charge >= 0.3 is 6.18 Å². The number of amides is 1. The Labute approximate surface area is 200 Å². The van der Waals surface area contributed by atoms with E-state index >= 15 is 0 Å². The highest BCUT2D eigenvalue weighted by Crippen LogP contribution is 2.32. The second-order valence-electron chi connectivity index (χ2n) is 8.03. The summed E-state index contributed by atoms with van der Waals surface area (Å²) in [7, 11) is 0. The van der Waals surface area contributed by atoms with Crippen LogP contribution in [0.15, 0.2) is 60.6 Å². The van der Waals surface area contributed by atoms with E-state index in [0.29, 0.717) is 12.1 Å². The minimum absolute atomic E-state index is 0.0403. The first-order valence-electron chi connectivity index (χ1n) is 10.4. The van der Waals surface area contributed by atoms with Crippen molar-refractivity contribution in [2.24, 2.45) is 0 Å². The van der Waals surface area contributed by atoms with Crippen molar-refractivity contribution < 1.29 is 23.1 Å². The number of carbonyl (C=O) groups excluding carboxylic acids is 1. The molecule has 1 amide bonds. The minimum atomic E-state index is -4.69. The number of rotatable bonds is 6. The van der Waals surface area contributed by atoms with Crippen LogP contribution in [0.5, 0.6) is 0 Å². The molecule has 1 aliphatic carbocycles. The van der Waals surface area contributed by atoms with Gasteiger partial charge in [0, 0.05) is 36.2 Å². The average Bonchev–Trinajstić information content (AvgIpc) is 2.92. The fourth-order valence-corrected chi connectivity index (χ4v) is 3.55. The summed E-state index contributed by atoms with van der Waals surface area (Å²) in [6.07, 6.45) is 1.29. The van der Waals surface area contributed by atoms with Crippen LogP contribution in [0, 0.1) is 6.92 Å². The molecule has 0 fully saturated rings. The van der Waals surface area contributed by atoms with E-state index in [1.807, 2.05) is 32.1 Å². The Kier molecular flexibility index (Phi) is 7.78. The van der Waals surface area contributed by atoms with Crippen LogP contribution < -0.4 is 10.6 Å². The highest BCUT2D eigenvalue weighted by Gasteiger charge is 2.34. The van der Waals surface area contributed by atoms with Crippen LogP contribution in [0.1, 0.15) is 40.7 Å². The molecule has 10 heteroatoms. The Morgan fingerprint density at radius 3 is 2.62 bits per heavy atom. The summed E-state index contributed by atoms with van der Waals surface area (Å²) < 4.78 is 38.0. The third-order valence-corrected chi connectivity index (χ3v) is 5.58. The molecule has 0 saturated carbocycles. The molecule has 1 heterocycles. The molecule has 1 aromatic carbocycles. The van der Waals surface area contributed by atoms with Crippen LogP contribution in [0.4, 0.5) is 18.9 Å². The molecule has 0 bridgehead atoms. The molecular weight excluding hydrogens is 469 g/mol. The number of carbonyl (C=O) groups is 1. The molecule has 34 heavy (non-hydrogen) atoms. The number of hydrogen-bond acceptors (Lipinski definition) is 5. The first kappa shape index (κ1) is 25.5. The highest BCUT2D eigenvalue weighted by molar-refractivity contribution is 6.24. The van der Waals surface area contributed by atoms with E-state index in [1.165, 1.54) is 0 Å². The molecule has 2 aromatic rings. The van der Waals surface area contributed by atoms with Crippen molar-refractivity contribution in [1.82, 2.24) is 15.3 Å². The summed E-state index contributed by atoms with van der Waals surface area (Å²) in [6, 6.07) is 5.10. The average molecular weight is 493 g/mol. The maximum Gasteiger partial charge on any atom is 0.451 e. The van der Waals surface area contributed by atoms with E-state index in [4.69, 9.17) is 11.6 Å². The lowest BCUT2D eigenvalue weighted by atomic mass is 9.98. The number of nitrogens with one attached hydrogen (secondary N) is 2. The number of halogens is 4. The highest BCUT2D eigenvalue weighted by atomic mass is 35.5. The number of nitrogens with zero attached hydrogens (tertiary/aromatic N) is 2. The zero-order valence-electron chi connectivity index (χ0n) is 18.6. The molecule has 180 valence electrons. The number of hydrogen-bond donors (Lipinski definition) is 3. The Hall–Kier alpha value is -3.17. The Morgan fingerprint density at radius 1 is 1.32 bits per heavy atom. The molecule has 3 N–H and O–H groups in total. The van der Waals surface area contributed by atoms with E-state index in [2.05, 4.69) is 27.2 Å². The summed E-state index contributed by atoms with van der Waals surface area (Å²) in [6.45, 7) is 7.76. The van der Waals surface area contributed by atoms with Gasteiger partial charge in [-0.2, -0.15) is 13.2 Å². The van der Waals surface area contributed by atoms with E-state index in [-0.39, 0.29) is 18.2 Å². The van der Waals surface area contributed by atoms with Crippen LogP contribution in [-0.2, 0) is 6.18 Å². The molecule has 1 unspecified atom stereocenters. The predicted octanol–water partition coefficient (Wildman–Crippen LogP) is 4.86. The van der Waals surface area contributed by atoms with Gasteiger partial charge in [-0.3, -0.25) is 4.79 Å². The van der Waals surface area contributed by atoms with Crippen molar-refractivity contribution in [3.05, 3.63) is 83.1 Å². The predicted molar refractivity (Wildman–Crippen MR) is 125 cm³/mol. The first-order chi connectivity index (χ1) is 16.0. The Bertz CT molecular complexity index is 1140. The van der Waals surface area contributed by atoms with Crippen LogP contribution >= 0.6 is 11.6 Å². The zero-order valence-corrected chi connectivity index (χ0v) is 19.3. The summed E-state index contributed by atoms with van der Waals surface area (Å²) in [5.74, 6) is -1.96. The quantitative estimate of drug-likeness (QED) is 0.396. The maximum absolute atomic E-state index is 12.7. The van der Waals surface area contributed by atoms with Crippen molar-refractivity contribution in [1.29, 1.82) is 0 Å². The molecule has 6 nitrogen and oxygen atoms in total. The van der Waals surface area contributed by atoms with Gasteiger partial charge in [0.1, 0.15) is 0 Å². The number of aliphatic hydroxyl groups is 1. The number of aromatic nitrogens is 2. The SMILES string of the molecule is C=C1CC(N[C@H](C)CO)=CC(c2cc(NC(=O)c3cnc(C(F)(F)F)nc3)ccc2C)=CC1Cl. The van der Waals surface area contributed by atoms with E-state index in [0.717, 1.165) is 40.4 Å². The van der Waals surface area contributed by atoms with Crippen LogP contribution in [0.25, 0.3) is 5.57 Å². The summed E-state index contributed by atoms with van der Waals surface area (Å²) >= 11 is 6.50. The van der Waals surface area contributed by atoms with Crippen LogP contribution in [0.3, 0.4) is 0 Å². The third kappa shape index (κ3) is 6.24. The van der Waals surface area contributed by atoms with Gasteiger partial charge in [0.25, 0.3) is 5.91 Å². The lowest BCUT2D eigenvalue weighted by Gasteiger charge is -2.17. The van der Waals surface area contributed by atoms with E-state index in [1.54, 1.807) is 12.1 Å². The van der Waals surface area contributed by atoms with E-state index < -0.39 is 23.3 Å². The first-order valence-corrected chi connectivity index (χ1v) is 10.8. The Morgan fingerprint density at radius 2 is 2.00 bits per heavy atom. The minimum Gasteiger partial charge on any atom is -0.394 e. The lowest BCUT2D eigenvalue weighted by Crippen LogP contribution is -2.28. The zero-order chi connectivity index (χ0) is 25.0. The molecular formula is C24H24ClF3N4O2. The second kappa shape index (κ2) is 10.4. The van der Waals surface area contributed by atoms with Gasteiger partial charge in [0.2, 0.25) is 5.82 Å². The van der Waals surface area contributed by atoms with Crippen molar-refractivity contribution in [2.75, 3.05) is 11.9 Å². The normalized spacial score (nSPS) is 17.4. The maximum atomic E-state index is 12.7. The summed E-state index contributed by atoms with van der Waals surface area (Å²) in [5, 5.41) is 14.9. The Balaban J connectivity index is 1.88. The number of alkyl halides is 4. The van der Waals surface area contributed by atoms with Crippen molar-refractivity contribution in [3.8, 4) is 0 Å². The smallest absolute Gasteiger partial charge is 0.394 e. The molecule has 0 saturated heterocycles. The van der Waals surface area contributed by atoms with Crippen molar-refractivity contribution in [2.45, 2.75) is 37.9 Å². The molecule has 0 spiro atoms. The van der Waals surface area contributed by atoms with Crippen molar-refractivity contribution >= 4 is 28.8 Å². The fourth-order valence-electron chi connectivity index (χ4n) is 3.33. The number of allylic oxidation sites excluding steroid dienone is 4. The lowest BCUT2D eigenvalue weighted by molar-refractivity contribution is -0.145. The third-order valence-electron chi connectivity index (χ3n) is 5.14.